The van der Waals surface area contributed by atoms with Gasteiger partial charge in [0, 0.05) is 32.7 Å². The third-order valence-corrected chi connectivity index (χ3v) is 5.85. The van der Waals surface area contributed by atoms with E-state index in [1.807, 2.05) is 19.1 Å². The van der Waals surface area contributed by atoms with Crippen LogP contribution in [0.4, 0.5) is 0 Å². The smallest absolute Gasteiger partial charge is 0.240 e. The number of sulfonamides is 1. The van der Waals surface area contributed by atoms with Crippen molar-refractivity contribution in [2.75, 3.05) is 46.3 Å². The SMILES string of the molecule is Cc1ccc(S(=O)(=O)NCCCCCN2CCN(C)CC2)cc1. The molecule has 0 amide bonds. The number of piperazine rings is 1. The minimum atomic E-state index is -3.36. The van der Waals surface area contributed by atoms with Crippen molar-refractivity contribution in [3.05, 3.63) is 29.8 Å². The van der Waals surface area contributed by atoms with Crippen LogP contribution in [0.5, 0.6) is 0 Å². The van der Waals surface area contributed by atoms with E-state index < -0.39 is 10.0 Å². The number of nitrogens with zero attached hydrogens (tertiary/aromatic N) is 2. The number of hydrogen-bond acceptors (Lipinski definition) is 4. The topological polar surface area (TPSA) is 52.7 Å². The van der Waals surface area contributed by atoms with E-state index in [2.05, 4.69) is 21.6 Å². The molecule has 1 aromatic carbocycles. The molecule has 6 heteroatoms. The van der Waals surface area contributed by atoms with Gasteiger partial charge in [0.2, 0.25) is 10.0 Å². The largest absolute Gasteiger partial charge is 0.304 e. The number of unbranched alkanes of at least 4 members (excludes halogenated alkanes) is 2. The number of rotatable bonds is 8. The van der Waals surface area contributed by atoms with E-state index in [9.17, 15) is 8.42 Å². The van der Waals surface area contributed by atoms with Crippen molar-refractivity contribution in [1.82, 2.24) is 14.5 Å². The Hall–Kier alpha value is -0.950. The molecular formula is C17H29N3O2S. The summed E-state index contributed by atoms with van der Waals surface area (Å²) < 4.78 is 27.0. The molecule has 1 aliphatic heterocycles. The first kappa shape index (κ1) is 18.4. The zero-order valence-corrected chi connectivity index (χ0v) is 15.1. The first-order chi connectivity index (χ1) is 11.0. The number of likely N-dealkylation sites (N-methyl/N-ethyl adjacent to an activating group) is 1. The van der Waals surface area contributed by atoms with E-state index in [0.29, 0.717) is 11.4 Å². The molecular weight excluding hydrogens is 310 g/mol. The average molecular weight is 340 g/mol. The van der Waals surface area contributed by atoms with Crippen molar-refractivity contribution in [1.29, 1.82) is 0 Å². The van der Waals surface area contributed by atoms with Gasteiger partial charge in [-0.1, -0.05) is 24.1 Å². The molecule has 0 aliphatic carbocycles. The Morgan fingerprint density at radius 1 is 1.00 bits per heavy atom. The Morgan fingerprint density at radius 2 is 1.65 bits per heavy atom. The molecule has 130 valence electrons. The Morgan fingerprint density at radius 3 is 2.30 bits per heavy atom. The molecule has 1 saturated heterocycles. The molecule has 23 heavy (non-hydrogen) atoms. The van der Waals surface area contributed by atoms with Gasteiger partial charge in [-0.05, 0) is 45.5 Å². The Kier molecular flexibility index (Phi) is 7.02. The van der Waals surface area contributed by atoms with E-state index >= 15 is 0 Å². The molecule has 0 radical (unpaired) electrons. The van der Waals surface area contributed by atoms with E-state index in [1.54, 1.807) is 12.1 Å². The summed E-state index contributed by atoms with van der Waals surface area (Å²) >= 11 is 0. The number of hydrogen-bond donors (Lipinski definition) is 1. The van der Waals surface area contributed by atoms with Gasteiger partial charge in [0.05, 0.1) is 4.90 Å². The highest BCUT2D eigenvalue weighted by molar-refractivity contribution is 7.89. The van der Waals surface area contributed by atoms with Crippen LogP contribution < -0.4 is 4.72 Å². The van der Waals surface area contributed by atoms with Crippen LogP contribution in [0, 0.1) is 6.92 Å². The lowest BCUT2D eigenvalue weighted by Gasteiger charge is -2.32. The molecule has 0 aromatic heterocycles. The quantitative estimate of drug-likeness (QED) is 0.733. The summed E-state index contributed by atoms with van der Waals surface area (Å²) in [6, 6.07) is 6.96. The van der Waals surface area contributed by atoms with Crippen LogP contribution in [0.25, 0.3) is 0 Å². The summed E-state index contributed by atoms with van der Waals surface area (Å²) in [4.78, 5) is 5.20. The van der Waals surface area contributed by atoms with Crippen molar-refractivity contribution in [3.8, 4) is 0 Å². The summed E-state index contributed by atoms with van der Waals surface area (Å²) in [6.45, 7) is 8.18. The second-order valence-corrected chi connectivity index (χ2v) is 8.18. The molecule has 0 atom stereocenters. The summed E-state index contributed by atoms with van der Waals surface area (Å²) in [6.07, 6.45) is 3.08. The van der Waals surface area contributed by atoms with E-state index in [4.69, 9.17) is 0 Å². The highest BCUT2D eigenvalue weighted by atomic mass is 32.2. The van der Waals surface area contributed by atoms with Crippen LogP contribution in [0.2, 0.25) is 0 Å². The van der Waals surface area contributed by atoms with Crippen molar-refractivity contribution in [2.45, 2.75) is 31.1 Å². The lowest BCUT2D eigenvalue weighted by molar-refractivity contribution is 0.152. The molecule has 1 N–H and O–H groups in total. The summed E-state index contributed by atoms with van der Waals surface area (Å²) in [5.74, 6) is 0. The van der Waals surface area contributed by atoms with Gasteiger partial charge in [-0.2, -0.15) is 0 Å². The molecule has 1 heterocycles. The number of benzene rings is 1. The van der Waals surface area contributed by atoms with Gasteiger partial charge in [-0.15, -0.1) is 0 Å². The molecule has 0 saturated carbocycles. The Labute approximate surface area is 140 Å². The molecule has 0 bridgehead atoms. The van der Waals surface area contributed by atoms with Gasteiger partial charge in [-0.25, -0.2) is 13.1 Å². The summed E-state index contributed by atoms with van der Waals surface area (Å²) in [7, 11) is -1.19. The van der Waals surface area contributed by atoms with E-state index in [0.717, 1.165) is 57.5 Å². The van der Waals surface area contributed by atoms with E-state index in [1.165, 1.54) is 0 Å². The fraction of sp³-hybridized carbons (Fsp3) is 0.647. The zero-order valence-electron chi connectivity index (χ0n) is 14.3. The first-order valence-corrected chi connectivity index (χ1v) is 9.93. The molecule has 5 nitrogen and oxygen atoms in total. The van der Waals surface area contributed by atoms with E-state index in [-0.39, 0.29) is 0 Å². The summed E-state index contributed by atoms with van der Waals surface area (Å²) in [5, 5.41) is 0. The fourth-order valence-corrected chi connectivity index (χ4v) is 3.79. The van der Waals surface area contributed by atoms with Crippen LogP contribution in [0.15, 0.2) is 29.2 Å². The molecule has 0 spiro atoms. The standard InChI is InChI=1S/C17H29N3O2S/c1-16-6-8-17(9-7-16)23(21,22)18-10-4-3-5-11-20-14-12-19(2)13-15-20/h6-9,18H,3-5,10-15H2,1-2H3. The first-order valence-electron chi connectivity index (χ1n) is 8.44. The third kappa shape index (κ3) is 6.22. The van der Waals surface area contributed by atoms with Gasteiger partial charge >= 0.3 is 0 Å². The monoisotopic (exact) mass is 339 g/mol. The van der Waals surface area contributed by atoms with Crippen molar-refractivity contribution < 1.29 is 8.42 Å². The predicted octanol–water partition coefficient (Wildman–Crippen LogP) is 1.69. The van der Waals surface area contributed by atoms with Crippen LogP contribution in [0.3, 0.4) is 0 Å². The Balaban J connectivity index is 1.60. The maximum atomic E-state index is 12.1. The molecule has 0 unspecified atom stereocenters. The highest BCUT2D eigenvalue weighted by Crippen LogP contribution is 2.10. The van der Waals surface area contributed by atoms with Gasteiger partial charge < -0.3 is 9.80 Å². The molecule has 1 fully saturated rings. The minimum absolute atomic E-state index is 0.348. The Bertz CT molecular complexity index is 564. The lowest BCUT2D eigenvalue weighted by atomic mass is 10.2. The molecule has 2 rings (SSSR count). The average Bonchev–Trinajstić information content (AvgIpc) is 2.53. The van der Waals surface area contributed by atoms with Crippen LogP contribution in [-0.4, -0.2) is 64.5 Å². The lowest BCUT2D eigenvalue weighted by Crippen LogP contribution is -2.44. The summed E-state index contributed by atoms with van der Waals surface area (Å²) in [5.41, 5.74) is 1.06. The maximum absolute atomic E-state index is 12.1. The zero-order chi connectivity index (χ0) is 16.7. The molecule has 1 aromatic rings. The van der Waals surface area contributed by atoms with Crippen LogP contribution in [-0.2, 0) is 10.0 Å². The number of nitrogens with one attached hydrogen (secondary N) is 1. The predicted molar refractivity (Wildman–Crippen MR) is 94.2 cm³/mol. The highest BCUT2D eigenvalue weighted by Gasteiger charge is 2.14. The fourth-order valence-electron chi connectivity index (χ4n) is 2.72. The second-order valence-electron chi connectivity index (χ2n) is 6.42. The maximum Gasteiger partial charge on any atom is 0.240 e. The van der Waals surface area contributed by atoms with Crippen molar-refractivity contribution >= 4 is 10.0 Å². The van der Waals surface area contributed by atoms with Crippen LogP contribution in [0.1, 0.15) is 24.8 Å². The van der Waals surface area contributed by atoms with Gasteiger partial charge in [0.25, 0.3) is 0 Å². The minimum Gasteiger partial charge on any atom is -0.304 e. The van der Waals surface area contributed by atoms with Crippen LogP contribution >= 0.6 is 0 Å². The van der Waals surface area contributed by atoms with Gasteiger partial charge in [-0.3, -0.25) is 0 Å². The molecule has 1 aliphatic rings. The van der Waals surface area contributed by atoms with Crippen molar-refractivity contribution in [3.63, 3.8) is 0 Å². The van der Waals surface area contributed by atoms with Gasteiger partial charge in [0.15, 0.2) is 0 Å². The second kappa shape index (κ2) is 8.78. The number of aryl methyl sites for hydroxylation is 1. The normalized spacial score (nSPS) is 17.5. The van der Waals surface area contributed by atoms with Crippen molar-refractivity contribution in [2.24, 2.45) is 0 Å². The third-order valence-electron chi connectivity index (χ3n) is 4.37. The van der Waals surface area contributed by atoms with Gasteiger partial charge in [0.1, 0.15) is 0 Å².